The molecule has 0 spiro atoms. The van der Waals surface area contributed by atoms with E-state index in [4.69, 9.17) is 4.74 Å². The maximum absolute atomic E-state index is 13.5. The van der Waals surface area contributed by atoms with E-state index >= 15 is 0 Å². The van der Waals surface area contributed by atoms with Gasteiger partial charge in [-0.1, -0.05) is 48.2 Å². The predicted octanol–water partition coefficient (Wildman–Crippen LogP) is 3.62. The van der Waals surface area contributed by atoms with Crippen molar-refractivity contribution in [3.05, 3.63) is 83.6 Å². The van der Waals surface area contributed by atoms with Crippen LogP contribution in [-0.2, 0) is 11.4 Å². The summed E-state index contributed by atoms with van der Waals surface area (Å²) in [5.41, 5.74) is 2.43. The maximum atomic E-state index is 13.5. The number of carbonyl (C=O) groups is 2. The molecule has 0 aliphatic carbocycles. The molecule has 4 rings (SSSR count). The second-order valence-electron chi connectivity index (χ2n) is 6.45. The zero-order valence-corrected chi connectivity index (χ0v) is 16.2. The lowest BCUT2D eigenvalue weighted by molar-refractivity contribution is -0.118. The van der Waals surface area contributed by atoms with Crippen LogP contribution in [0.15, 0.2) is 71.9 Å². The fourth-order valence-corrected chi connectivity index (χ4v) is 4.22. The van der Waals surface area contributed by atoms with Crippen LogP contribution < -0.4 is 10.1 Å². The van der Waals surface area contributed by atoms with Crippen molar-refractivity contribution in [2.75, 3.05) is 11.9 Å². The van der Waals surface area contributed by atoms with E-state index in [0.717, 1.165) is 5.56 Å². The number of hydrogen-bond donors (Lipinski definition) is 2. The summed E-state index contributed by atoms with van der Waals surface area (Å²) in [7, 11) is 0. The number of hydrogen-bond acceptors (Lipinski definition) is 6. The molecule has 29 heavy (non-hydrogen) atoms. The maximum Gasteiger partial charge on any atom is 0.262 e. The van der Waals surface area contributed by atoms with Crippen LogP contribution in [0.4, 0.5) is 5.69 Å². The smallest absolute Gasteiger partial charge is 0.262 e. The van der Waals surface area contributed by atoms with Gasteiger partial charge in [-0.15, -0.1) is 0 Å². The molecule has 7 heteroatoms. The first-order chi connectivity index (χ1) is 14.2. The third kappa shape index (κ3) is 4.16. The molecule has 1 aliphatic rings. The van der Waals surface area contributed by atoms with Crippen molar-refractivity contribution in [3.63, 3.8) is 0 Å². The number of nitrogens with one attached hydrogen (secondary N) is 1. The zero-order chi connectivity index (χ0) is 20.2. The van der Waals surface area contributed by atoms with Crippen LogP contribution in [0.1, 0.15) is 26.7 Å². The summed E-state index contributed by atoms with van der Waals surface area (Å²) in [6, 6.07) is 18.0. The molecular weight excluding hydrogens is 388 g/mol. The van der Waals surface area contributed by atoms with E-state index < -0.39 is 5.25 Å². The molecule has 0 radical (unpaired) electrons. The first-order valence-electron chi connectivity index (χ1n) is 9.03. The number of ketones is 1. The largest absolute Gasteiger partial charge is 0.482 e. The van der Waals surface area contributed by atoms with Gasteiger partial charge in [0.1, 0.15) is 10.8 Å². The number of aromatic nitrogens is 1. The van der Waals surface area contributed by atoms with Gasteiger partial charge in [-0.05, 0) is 29.8 Å². The number of rotatable bonds is 6. The van der Waals surface area contributed by atoms with Crippen LogP contribution >= 0.6 is 11.8 Å². The molecular formula is C22H18N2O4S. The minimum absolute atomic E-state index is 0.0353. The molecule has 0 fully saturated rings. The molecule has 2 aromatic carbocycles. The summed E-state index contributed by atoms with van der Waals surface area (Å²) in [5, 5.41) is 12.4. The third-order valence-corrected chi connectivity index (χ3v) is 5.80. The van der Waals surface area contributed by atoms with E-state index in [2.05, 4.69) is 10.3 Å². The van der Waals surface area contributed by atoms with Crippen LogP contribution in [0.25, 0.3) is 0 Å². The van der Waals surface area contributed by atoms with Gasteiger partial charge in [-0.25, -0.2) is 4.98 Å². The highest BCUT2D eigenvalue weighted by atomic mass is 32.2. The highest BCUT2D eigenvalue weighted by molar-refractivity contribution is 8.00. The van der Waals surface area contributed by atoms with Crippen molar-refractivity contribution in [3.8, 4) is 5.75 Å². The summed E-state index contributed by atoms with van der Waals surface area (Å²) >= 11 is 1.29. The van der Waals surface area contributed by atoms with E-state index in [0.29, 0.717) is 27.6 Å². The van der Waals surface area contributed by atoms with Gasteiger partial charge in [0.05, 0.1) is 17.5 Å². The highest BCUT2D eigenvalue weighted by Gasteiger charge is 2.26. The van der Waals surface area contributed by atoms with Crippen LogP contribution in [0.3, 0.4) is 0 Å². The Bertz CT molecular complexity index is 1060. The Morgan fingerprint density at radius 3 is 2.79 bits per heavy atom. The van der Waals surface area contributed by atoms with Gasteiger partial charge in [-0.2, -0.15) is 0 Å². The van der Waals surface area contributed by atoms with Crippen LogP contribution in [0, 0.1) is 0 Å². The topological polar surface area (TPSA) is 88.5 Å². The number of pyridine rings is 1. The number of carbonyl (C=O) groups excluding carboxylic acids is 2. The molecule has 2 heterocycles. The number of anilines is 1. The van der Waals surface area contributed by atoms with E-state index in [9.17, 15) is 14.7 Å². The first kappa shape index (κ1) is 19.2. The quantitative estimate of drug-likeness (QED) is 0.480. The fraction of sp³-hybridized carbons (Fsp3) is 0.136. The Labute approximate surface area is 171 Å². The molecule has 1 unspecified atom stereocenters. The van der Waals surface area contributed by atoms with Crippen LogP contribution in [-0.4, -0.2) is 28.4 Å². The standard InChI is InChI=1S/C22H18N2O4S/c25-12-16-7-4-10-23-22(16)29-21(14-5-2-1-3-6-14)20(27)15-8-9-18-17(11-15)24-19(26)13-28-18/h1-11,21,25H,12-13H2,(H,24,26). The molecule has 0 saturated heterocycles. The number of ether oxygens (including phenoxy) is 1. The molecule has 1 amide bonds. The summed E-state index contributed by atoms with van der Waals surface area (Å²) in [4.78, 5) is 29.4. The van der Waals surface area contributed by atoms with E-state index in [1.54, 1.807) is 36.5 Å². The monoisotopic (exact) mass is 406 g/mol. The normalized spacial score (nSPS) is 13.8. The van der Waals surface area contributed by atoms with Gasteiger partial charge in [0, 0.05) is 17.3 Å². The zero-order valence-electron chi connectivity index (χ0n) is 15.4. The number of aliphatic hydroxyl groups excluding tert-OH is 1. The van der Waals surface area contributed by atoms with Crippen molar-refractivity contribution in [1.82, 2.24) is 4.98 Å². The number of benzene rings is 2. The second-order valence-corrected chi connectivity index (χ2v) is 7.54. The average molecular weight is 406 g/mol. The van der Waals surface area contributed by atoms with Crippen molar-refractivity contribution in [1.29, 1.82) is 0 Å². The summed E-state index contributed by atoms with van der Waals surface area (Å²) in [6.45, 7) is -0.194. The molecule has 0 bridgehead atoms. The van der Waals surface area contributed by atoms with Crippen molar-refractivity contribution < 1.29 is 19.4 Å². The first-order valence-corrected chi connectivity index (χ1v) is 9.91. The molecule has 1 atom stereocenters. The summed E-state index contributed by atoms with van der Waals surface area (Å²) < 4.78 is 5.38. The fourth-order valence-electron chi connectivity index (χ4n) is 3.05. The minimum Gasteiger partial charge on any atom is -0.482 e. The Hall–Kier alpha value is -3.16. The second kappa shape index (κ2) is 8.46. The number of thioether (sulfide) groups is 1. The molecule has 3 aromatic rings. The average Bonchev–Trinajstić information content (AvgIpc) is 2.77. The molecule has 0 saturated carbocycles. The van der Waals surface area contributed by atoms with Crippen molar-refractivity contribution in [2.24, 2.45) is 0 Å². The molecule has 1 aliphatic heterocycles. The SMILES string of the molecule is O=C1COc2ccc(C(=O)C(Sc3ncccc3CO)c3ccccc3)cc2N1. The third-order valence-electron chi connectivity index (χ3n) is 4.49. The van der Waals surface area contributed by atoms with Gasteiger partial charge >= 0.3 is 0 Å². The van der Waals surface area contributed by atoms with Gasteiger partial charge < -0.3 is 15.2 Å². The highest BCUT2D eigenvalue weighted by Crippen LogP contribution is 2.39. The lowest BCUT2D eigenvalue weighted by Crippen LogP contribution is -2.25. The van der Waals surface area contributed by atoms with Crippen LogP contribution in [0.5, 0.6) is 5.75 Å². The molecule has 1 aromatic heterocycles. The van der Waals surface area contributed by atoms with Gasteiger partial charge in [0.2, 0.25) is 0 Å². The molecule has 6 nitrogen and oxygen atoms in total. The Morgan fingerprint density at radius 1 is 1.17 bits per heavy atom. The van der Waals surface area contributed by atoms with Crippen molar-refractivity contribution in [2.45, 2.75) is 16.9 Å². The van der Waals surface area contributed by atoms with Gasteiger partial charge in [-0.3, -0.25) is 9.59 Å². The number of aliphatic hydroxyl groups is 1. The number of nitrogens with zero attached hydrogens (tertiary/aromatic N) is 1. The number of amides is 1. The summed E-state index contributed by atoms with van der Waals surface area (Å²) in [5.74, 6) is 0.160. The van der Waals surface area contributed by atoms with Crippen LogP contribution in [0.2, 0.25) is 0 Å². The van der Waals surface area contributed by atoms with E-state index in [1.807, 2.05) is 30.3 Å². The van der Waals surface area contributed by atoms with E-state index in [-0.39, 0.29) is 24.9 Å². The lowest BCUT2D eigenvalue weighted by Gasteiger charge is -2.20. The lowest BCUT2D eigenvalue weighted by atomic mass is 10.0. The molecule has 2 N–H and O–H groups in total. The molecule has 146 valence electrons. The Kier molecular flexibility index (Phi) is 5.59. The van der Waals surface area contributed by atoms with Gasteiger partial charge in [0.25, 0.3) is 5.91 Å². The van der Waals surface area contributed by atoms with Gasteiger partial charge in [0.15, 0.2) is 12.4 Å². The summed E-state index contributed by atoms with van der Waals surface area (Å²) in [6.07, 6.45) is 1.64. The predicted molar refractivity (Wildman–Crippen MR) is 110 cm³/mol. The van der Waals surface area contributed by atoms with Crippen molar-refractivity contribution >= 4 is 29.1 Å². The van der Waals surface area contributed by atoms with E-state index in [1.165, 1.54) is 11.8 Å². The number of Topliss-reactive ketones (excluding diaryl/α,β-unsaturated/α-hetero) is 1. The number of fused-ring (bicyclic) bond motifs is 1. The Balaban J connectivity index is 1.71. The Morgan fingerprint density at radius 2 is 2.00 bits per heavy atom. The minimum atomic E-state index is -0.560.